The standard InChI is InChI=1S/C16H24F3N5O2/c1-3-24(4-2)13(25)7-9-22-15(26)23-11-10-21-14-12(16(17,18)19)6-5-8-20-14/h5-6,8H,3-4,7,9-11H2,1-2H3,(H,20,21)(H2,22,23,26). The molecule has 0 fully saturated rings. The molecule has 26 heavy (non-hydrogen) atoms. The Kier molecular flexibility index (Phi) is 8.66. The second-order valence-electron chi connectivity index (χ2n) is 5.32. The number of urea groups is 1. The lowest BCUT2D eigenvalue weighted by Gasteiger charge is -2.18. The molecule has 1 aromatic heterocycles. The first-order valence-corrected chi connectivity index (χ1v) is 8.35. The van der Waals surface area contributed by atoms with E-state index < -0.39 is 17.8 Å². The van der Waals surface area contributed by atoms with Crippen molar-refractivity contribution in [1.29, 1.82) is 0 Å². The number of alkyl halides is 3. The Labute approximate surface area is 150 Å². The van der Waals surface area contributed by atoms with Crippen molar-refractivity contribution in [3.05, 3.63) is 23.9 Å². The van der Waals surface area contributed by atoms with Gasteiger partial charge < -0.3 is 20.9 Å². The molecular weight excluding hydrogens is 351 g/mol. The summed E-state index contributed by atoms with van der Waals surface area (Å²) in [6.45, 7) is 5.34. The van der Waals surface area contributed by atoms with E-state index in [-0.39, 0.29) is 37.8 Å². The third kappa shape index (κ3) is 7.16. The van der Waals surface area contributed by atoms with Crippen molar-refractivity contribution in [2.45, 2.75) is 26.4 Å². The first kappa shape index (κ1) is 21.5. The maximum atomic E-state index is 12.8. The van der Waals surface area contributed by atoms with E-state index in [2.05, 4.69) is 20.9 Å². The molecule has 0 atom stereocenters. The number of pyridine rings is 1. The Morgan fingerprint density at radius 1 is 1.12 bits per heavy atom. The normalized spacial score (nSPS) is 11.0. The fourth-order valence-electron chi connectivity index (χ4n) is 2.21. The molecule has 3 amide bonds. The molecule has 0 aliphatic heterocycles. The molecule has 146 valence electrons. The SMILES string of the molecule is CCN(CC)C(=O)CCNC(=O)NCCNc1ncccc1C(F)(F)F. The Balaban J connectivity index is 2.28. The molecule has 0 saturated heterocycles. The molecule has 0 aromatic carbocycles. The average Bonchev–Trinajstić information content (AvgIpc) is 2.59. The Hall–Kier alpha value is -2.52. The Morgan fingerprint density at radius 2 is 1.77 bits per heavy atom. The number of nitrogens with one attached hydrogen (secondary N) is 3. The van der Waals surface area contributed by atoms with Crippen molar-refractivity contribution in [3.8, 4) is 0 Å². The number of halogens is 3. The number of carbonyl (C=O) groups is 2. The highest BCUT2D eigenvalue weighted by atomic mass is 19.4. The Morgan fingerprint density at radius 3 is 2.38 bits per heavy atom. The molecule has 0 aliphatic carbocycles. The summed E-state index contributed by atoms with van der Waals surface area (Å²) in [6, 6.07) is 1.65. The van der Waals surface area contributed by atoms with E-state index in [0.29, 0.717) is 13.1 Å². The summed E-state index contributed by atoms with van der Waals surface area (Å²) in [4.78, 5) is 28.7. The predicted octanol–water partition coefficient (Wildman–Crippen LogP) is 2.07. The van der Waals surface area contributed by atoms with Crippen molar-refractivity contribution in [2.75, 3.05) is 38.0 Å². The maximum absolute atomic E-state index is 12.8. The predicted molar refractivity (Wildman–Crippen MR) is 91.7 cm³/mol. The minimum Gasteiger partial charge on any atom is -0.368 e. The molecule has 3 N–H and O–H groups in total. The molecule has 0 unspecified atom stereocenters. The highest BCUT2D eigenvalue weighted by Gasteiger charge is 2.33. The zero-order valence-electron chi connectivity index (χ0n) is 14.8. The Bertz CT molecular complexity index is 591. The van der Waals surface area contributed by atoms with Crippen LogP contribution in [0.15, 0.2) is 18.3 Å². The van der Waals surface area contributed by atoms with E-state index in [0.717, 1.165) is 6.07 Å². The van der Waals surface area contributed by atoms with E-state index in [9.17, 15) is 22.8 Å². The monoisotopic (exact) mass is 375 g/mol. The highest BCUT2D eigenvalue weighted by molar-refractivity contribution is 5.78. The van der Waals surface area contributed by atoms with Gasteiger partial charge in [-0.25, -0.2) is 9.78 Å². The average molecular weight is 375 g/mol. The van der Waals surface area contributed by atoms with Crippen molar-refractivity contribution >= 4 is 17.8 Å². The first-order valence-electron chi connectivity index (χ1n) is 8.35. The fraction of sp³-hybridized carbons (Fsp3) is 0.562. The molecule has 0 aliphatic rings. The fourth-order valence-corrected chi connectivity index (χ4v) is 2.21. The van der Waals surface area contributed by atoms with Crippen LogP contribution >= 0.6 is 0 Å². The summed E-state index contributed by atoms with van der Waals surface area (Å²) in [7, 11) is 0. The van der Waals surface area contributed by atoms with Gasteiger partial charge in [0.05, 0.1) is 5.56 Å². The van der Waals surface area contributed by atoms with Gasteiger partial charge in [0.1, 0.15) is 5.82 Å². The van der Waals surface area contributed by atoms with Crippen molar-refractivity contribution in [2.24, 2.45) is 0 Å². The molecule has 0 radical (unpaired) electrons. The van der Waals surface area contributed by atoms with E-state index in [1.54, 1.807) is 4.90 Å². The molecule has 1 heterocycles. The second kappa shape index (κ2) is 10.5. The quantitative estimate of drug-likeness (QED) is 0.577. The van der Waals surface area contributed by atoms with Crippen LogP contribution in [0, 0.1) is 0 Å². The number of anilines is 1. The second-order valence-corrected chi connectivity index (χ2v) is 5.32. The number of amides is 3. The molecule has 0 bridgehead atoms. The van der Waals surface area contributed by atoms with Crippen LogP contribution in [-0.4, -0.2) is 54.5 Å². The summed E-state index contributed by atoms with van der Waals surface area (Å²) in [6.07, 6.45) is -3.06. The third-order valence-corrected chi connectivity index (χ3v) is 3.56. The van der Waals surface area contributed by atoms with Gasteiger partial charge in [0, 0.05) is 45.3 Å². The van der Waals surface area contributed by atoms with Crippen LogP contribution in [0.4, 0.5) is 23.8 Å². The summed E-state index contributed by atoms with van der Waals surface area (Å²) in [5, 5.41) is 7.57. The zero-order chi connectivity index (χ0) is 19.6. The smallest absolute Gasteiger partial charge is 0.368 e. The van der Waals surface area contributed by atoms with Gasteiger partial charge >= 0.3 is 12.2 Å². The van der Waals surface area contributed by atoms with Crippen LogP contribution in [0.2, 0.25) is 0 Å². The molecular formula is C16H24F3N5O2. The topological polar surface area (TPSA) is 86.4 Å². The van der Waals surface area contributed by atoms with Crippen LogP contribution in [0.25, 0.3) is 0 Å². The summed E-state index contributed by atoms with van der Waals surface area (Å²) < 4.78 is 38.4. The van der Waals surface area contributed by atoms with Crippen molar-refractivity contribution in [1.82, 2.24) is 20.5 Å². The first-order chi connectivity index (χ1) is 12.3. The van der Waals surface area contributed by atoms with Crippen LogP contribution in [0.5, 0.6) is 0 Å². The largest absolute Gasteiger partial charge is 0.419 e. The van der Waals surface area contributed by atoms with E-state index in [1.807, 2.05) is 13.8 Å². The van der Waals surface area contributed by atoms with Gasteiger partial charge in [-0.3, -0.25) is 4.79 Å². The molecule has 7 nitrogen and oxygen atoms in total. The van der Waals surface area contributed by atoms with Gasteiger partial charge in [-0.2, -0.15) is 13.2 Å². The van der Waals surface area contributed by atoms with E-state index >= 15 is 0 Å². The van der Waals surface area contributed by atoms with Crippen LogP contribution < -0.4 is 16.0 Å². The van der Waals surface area contributed by atoms with Crippen LogP contribution in [-0.2, 0) is 11.0 Å². The lowest BCUT2D eigenvalue weighted by atomic mass is 10.2. The van der Waals surface area contributed by atoms with Crippen LogP contribution in [0.3, 0.4) is 0 Å². The number of nitrogens with zero attached hydrogens (tertiary/aromatic N) is 2. The number of rotatable bonds is 9. The summed E-state index contributed by atoms with van der Waals surface area (Å²) in [5.74, 6) is -0.334. The lowest BCUT2D eigenvalue weighted by Crippen LogP contribution is -2.40. The number of aromatic nitrogens is 1. The molecule has 0 spiro atoms. The van der Waals surface area contributed by atoms with Gasteiger partial charge in [-0.05, 0) is 26.0 Å². The summed E-state index contributed by atoms with van der Waals surface area (Å²) in [5.41, 5.74) is -0.862. The van der Waals surface area contributed by atoms with Gasteiger partial charge in [0.2, 0.25) is 5.91 Å². The molecule has 1 rings (SSSR count). The molecule has 0 saturated carbocycles. The minimum absolute atomic E-state index is 0.0493. The van der Waals surface area contributed by atoms with Crippen LogP contribution in [0.1, 0.15) is 25.8 Å². The molecule has 10 heteroatoms. The maximum Gasteiger partial charge on any atom is 0.419 e. The van der Waals surface area contributed by atoms with Crippen molar-refractivity contribution in [3.63, 3.8) is 0 Å². The van der Waals surface area contributed by atoms with Gasteiger partial charge in [-0.1, -0.05) is 0 Å². The molecule has 1 aromatic rings. The van der Waals surface area contributed by atoms with Gasteiger partial charge in [0.15, 0.2) is 0 Å². The number of hydrogen-bond acceptors (Lipinski definition) is 4. The van der Waals surface area contributed by atoms with Gasteiger partial charge in [-0.15, -0.1) is 0 Å². The highest BCUT2D eigenvalue weighted by Crippen LogP contribution is 2.33. The third-order valence-electron chi connectivity index (χ3n) is 3.56. The lowest BCUT2D eigenvalue weighted by molar-refractivity contribution is -0.137. The summed E-state index contributed by atoms with van der Waals surface area (Å²) >= 11 is 0. The van der Waals surface area contributed by atoms with Gasteiger partial charge in [0.25, 0.3) is 0 Å². The van der Waals surface area contributed by atoms with Crippen molar-refractivity contribution < 1.29 is 22.8 Å². The van der Waals surface area contributed by atoms with E-state index in [4.69, 9.17) is 0 Å². The number of carbonyl (C=O) groups excluding carboxylic acids is 2. The zero-order valence-corrected chi connectivity index (χ0v) is 14.8. The minimum atomic E-state index is -4.50. The number of hydrogen-bond donors (Lipinski definition) is 3. The van der Waals surface area contributed by atoms with E-state index in [1.165, 1.54) is 12.3 Å².